The molecule has 0 bridgehead atoms. The maximum absolute atomic E-state index is 12.8. The number of amides is 2. The minimum absolute atomic E-state index is 0.0109. The topological polar surface area (TPSA) is 102 Å². The molecule has 57 heavy (non-hydrogen) atoms. The number of hydrogen-bond acceptors (Lipinski definition) is 8. The van der Waals surface area contributed by atoms with Gasteiger partial charge in [-0.05, 0) is 83.8 Å². The Kier molecular flexibility index (Phi) is 36.7. The fraction of sp³-hybridized carbons (Fsp3) is 0.917. The first-order valence-electron chi connectivity index (χ1n) is 24.4. The van der Waals surface area contributed by atoms with Gasteiger partial charge in [0.25, 0.3) is 11.8 Å². The van der Waals surface area contributed by atoms with Crippen LogP contribution in [0.4, 0.5) is 0 Å². The van der Waals surface area contributed by atoms with E-state index in [4.69, 9.17) is 14.2 Å². The van der Waals surface area contributed by atoms with Crippen LogP contribution in [0.15, 0.2) is 0 Å². The number of morpholine rings is 1. The molecule has 1 saturated heterocycles. The van der Waals surface area contributed by atoms with Crippen molar-refractivity contribution in [2.24, 2.45) is 0 Å². The number of carbonyl (C=O) groups is 4. The Hall–Kier alpha value is -2.00. The predicted molar refractivity (Wildman–Crippen MR) is 234 cm³/mol. The summed E-state index contributed by atoms with van der Waals surface area (Å²) in [6.07, 6.45) is 36.8. The van der Waals surface area contributed by atoms with Gasteiger partial charge >= 0.3 is 11.9 Å². The van der Waals surface area contributed by atoms with Crippen LogP contribution in [0.1, 0.15) is 233 Å². The van der Waals surface area contributed by atoms with Crippen LogP contribution in [0.5, 0.6) is 0 Å². The summed E-state index contributed by atoms with van der Waals surface area (Å²) < 4.78 is 16.5. The second-order valence-electron chi connectivity index (χ2n) is 16.9. The monoisotopic (exact) mass is 807 g/mol. The molecule has 1 rings (SSSR count). The Bertz CT molecular complexity index is 960. The lowest BCUT2D eigenvalue weighted by atomic mass is 10.0. The number of rotatable bonds is 42. The lowest BCUT2D eigenvalue weighted by Gasteiger charge is -2.27. The summed E-state index contributed by atoms with van der Waals surface area (Å²) in [5, 5.41) is 0. The maximum atomic E-state index is 12.8. The lowest BCUT2D eigenvalue weighted by molar-refractivity contribution is -0.158. The van der Waals surface area contributed by atoms with Crippen LogP contribution in [0, 0.1) is 0 Å². The molecular formula is C48H90N2O7. The van der Waals surface area contributed by atoms with Crippen LogP contribution in [0.25, 0.3) is 0 Å². The minimum Gasteiger partial charge on any atom is -0.466 e. The highest BCUT2D eigenvalue weighted by Crippen LogP contribution is 2.18. The second kappa shape index (κ2) is 39.5. The highest BCUT2D eigenvalue weighted by atomic mass is 16.5. The smallest absolute Gasteiger partial charge is 0.306 e. The van der Waals surface area contributed by atoms with Gasteiger partial charge in [-0.2, -0.15) is 0 Å². The van der Waals surface area contributed by atoms with Gasteiger partial charge in [-0.3, -0.25) is 24.1 Å². The number of imide groups is 1. The zero-order valence-electron chi connectivity index (χ0n) is 37.6. The molecule has 9 heteroatoms. The van der Waals surface area contributed by atoms with Crippen molar-refractivity contribution in [3.8, 4) is 0 Å². The van der Waals surface area contributed by atoms with Crippen molar-refractivity contribution in [1.29, 1.82) is 0 Å². The van der Waals surface area contributed by atoms with Crippen molar-refractivity contribution in [2.45, 2.75) is 239 Å². The van der Waals surface area contributed by atoms with E-state index >= 15 is 0 Å². The third-order valence-corrected chi connectivity index (χ3v) is 11.4. The Balaban J connectivity index is 2.33. The average molecular weight is 807 g/mol. The van der Waals surface area contributed by atoms with Gasteiger partial charge in [0.1, 0.15) is 19.3 Å². The molecule has 1 fully saturated rings. The van der Waals surface area contributed by atoms with Gasteiger partial charge in [0, 0.05) is 19.4 Å². The number of unbranched alkanes of at least 4 members (excludes halogenated alkanes) is 23. The molecule has 0 aromatic carbocycles. The molecule has 1 heterocycles. The van der Waals surface area contributed by atoms with Crippen molar-refractivity contribution >= 4 is 23.8 Å². The van der Waals surface area contributed by atoms with Gasteiger partial charge < -0.3 is 19.1 Å². The summed E-state index contributed by atoms with van der Waals surface area (Å²) in [7, 11) is 0. The molecule has 0 aromatic heterocycles. The molecule has 1 aliphatic heterocycles. The first-order chi connectivity index (χ1) is 27.9. The van der Waals surface area contributed by atoms with Gasteiger partial charge in [0.2, 0.25) is 0 Å². The molecule has 1 aliphatic rings. The highest BCUT2D eigenvalue weighted by molar-refractivity contribution is 5.98. The van der Waals surface area contributed by atoms with Crippen LogP contribution in [-0.2, 0) is 33.4 Å². The van der Waals surface area contributed by atoms with Crippen LogP contribution in [-0.4, -0.2) is 85.7 Å². The molecular weight excluding hydrogens is 717 g/mol. The van der Waals surface area contributed by atoms with E-state index in [-0.39, 0.29) is 43.1 Å². The van der Waals surface area contributed by atoms with E-state index in [1.165, 1.54) is 94.8 Å². The molecule has 0 N–H and O–H groups in total. The van der Waals surface area contributed by atoms with Gasteiger partial charge in [0.15, 0.2) is 0 Å². The Morgan fingerprint density at radius 2 is 0.930 bits per heavy atom. The van der Waals surface area contributed by atoms with Crippen LogP contribution in [0.3, 0.4) is 0 Å². The van der Waals surface area contributed by atoms with E-state index in [1.807, 2.05) is 0 Å². The molecule has 0 saturated carbocycles. The summed E-state index contributed by atoms with van der Waals surface area (Å²) in [6.45, 7) is 10.6. The van der Waals surface area contributed by atoms with Crippen molar-refractivity contribution in [2.75, 3.05) is 46.0 Å². The van der Waals surface area contributed by atoms with Gasteiger partial charge in [-0.15, -0.1) is 0 Å². The number of hydrogen-bond donors (Lipinski definition) is 0. The van der Waals surface area contributed by atoms with E-state index in [1.54, 1.807) is 0 Å². The standard InChI is InChI=1S/C48H90N2O7/c1-4-7-10-13-15-24-31-41-56-47(53)35-27-20-16-22-29-37-49(39-32-40-50-45(51)42-55-43-46(50)52)38-30-23-17-21-28-36-48(54)57-44(33-25-18-12-9-6-3)34-26-19-14-11-8-5-2/h44H,4-43H2,1-3H3. The fourth-order valence-corrected chi connectivity index (χ4v) is 7.78. The SMILES string of the molecule is CCCCCCCCCOC(=O)CCCCCCCN(CCCCCCCC(=O)OC(CCCCCCC)CCCCCCCC)CCCN1C(=O)COCC1=O. The van der Waals surface area contributed by atoms with Gasteiger partial charge in [-0.1, -0.05) is 156 Å². The summed E-state index contributed by atoms with van der Waals surface area (Å²) in [5.41, 5.74) is 0. The third kappa shape index (κ3) is 32.5. The molecule has 2 amide bonds. The summed E-state index contributed by atoms with van der Waals surface area (Å²) in [6, 6.07) is 0. The molecule has 9 nitrogen and oxygen atoms in total. The van der Waals surface area contributed by atoms with E-state index < -0.39 is 0 Å². The quantitative estimate of drug-likeness (QED) is 0.0341. The first kappa shape index (κ1) is 53.0. The molecule has 334 valence electrons. The molecule has 1 unspecified atom stereocenters. The highest BCUT2D eigenvalue weighted by Gasteiger charge is 2.26. The maximum Gasteiger partial charge on any atom is 0.306 e. The normalized spacial score (nSPS) is 13.8. The zero-order chi connectivity index (χ0) is 41.4. The molecule has 0 aliphatic carbocycles. The largest absolute Gasteiger partial charge is 0.466 e. The molecule has 0 aromatic rings. The van der Waals surface area contributed by atoms with Crippen molar-refractivity contribution < 1.29 is 33.4 Å². The van der Waals surface area contributed by atoms with Gasteiger partial charge in [0.05, 0.1) is 6.61 Å². The summed E-state index contributed by atoms with van der Waals surface area (Å²) >= 11 is 0. The lowest BCUT2D eigenvalue weighted by Crippen LogP contribution is -2.47. The molecule has 1 atom stereocenters. The van der Waals surface area contributed by atoms with Gasteiger partial charge in [-0.25, -0.2) is 0 Å². The van der Waals surface area contributed by atoms with Crippen molar-refractivity contribution in [3.63, 3.8) is 0 Å². The Labute approximate surface area is 350 Å². The van der Waals surface area contributed by atoms with E-state index in [2.05, 4.69) is 25.7 Å². The average Bonchev–Trinajstić information content (AvgIpc) is 3.19. The molecule has 0 radical (unpaired) electrons. The minimum atomic E-state index is -0.237. The summed E-state index contributed by atoms with van der Waals surface area (Å²) in [4.78, 5) is 53.2. The molecule has 0 spiro atoms. The van der Waals surface area contributed by atoms with E-state index in [9.17, 15) is 19.2 Å². The van der Waals surface area contributed by atoms with Crippen LogP contribution in [0.2, 0.25) is 0 Å². The zero-order valence-corrected chi connectivity index (χ0v) is 37.6. The van der Waals surface area contributed by atoms with Crippen LogP contribution < -0.4 is 0 Å². The number of ether oxygens (including phenoxy) is 3. The fourth-order valence-electron chi connectivity index (χ4n) is 7.78. The third-order valence-electron chi connectivity index (χ3n) is 11.4. The first-order valence-corrected chi connectivity index (χ1v) is 24.4. The number of nitrogens with zero attached hydrogens (tertiary/aromatic N) is 2. The predicted octanol–water partition coefficient (Wildman–Crippen LogP) is 12.1. The summed E-state index contributed by atoms with van der Waals surface area (Å²) in [5.74, 6) is -0.542. The Morgan fingerprint density at radius 1 is 0.526 bits per heavy atom. The van der Waals surface area contributed by atoms with E-state index in [0.29, 0.717) is 26.0 Å². The van der Waals surface area contributed by atoms with E-state index in [0.717, 1.165) is 129 Å². The van der Waals surface area contributed by atoms with Crippen molar-refractivity contribution in [1.82, 2.24) is 9.80 Å². The van der Waals surface area contributed by atoms with Crippen molar-refractivity contribution in [3.05, 3.63) is 0 Å². The van der Waals surface area contributed by atoms with Crippen LogP contribution >= 0.6 is 0 Å². The second-order valence-corrected chi connectivity index (χ2v) is 16.9. The Morgan fingerprint density at radius 3 is 1.44 bits per heavy atom. The number of carbonyl (C=O) groups excluding carboxylic acids is 4. The number of esters is 2.